The van der Waals surface area contributed by atoms with Crippen molar-refractivity contribution in [2.75, 3.05) is 12.4 Å². The number of carboxylic acids is 1. The molecule has 0 spiro atoms. The van der Waals surface area contributed by atoms with Crippen LogP contribution in [0.25, 0.3) is 0 Å². The molecular weight excluding hydrogens is 434 g/mol. The Morgan fingerprint density at radius 2 is 1.82 bits per heavy atom. The highest BCUT2D eigenvalue weighted by Crippen LogP contribution is 2.45. The minimum atomic E-state index is -3.14. The van der Waals surface area contributed by atoms with E-state index >= 15 is 0 Å². The van der Waals surface area contributed by atoms with Gasteiger partial charge in [0.1, 0.15) is 5.69 Å². The first-order chi connectivity index (χ1) is 15.7. The van der Waals surface area contributed by atoms with Crippen molar-refractivity contribution < 1.29 is 33.0 Å². The van der Waals surface area contributed by atoms with Crippen LogP contribution < -0.4 is 14.8 Å². The number of alkyl halides is 2. The van der Waals surface area contributed by atoms with E-state index in [9.17, 15) is 23.5 Å². The third kappa shape index (κ3) is 5.23. The van der Waals surface area contributed by atoms with E-state index in [1.54, 1.807) is 0 Å². The Balaban J connectivity index is 2.03. The average molecular weight is 462 g/mol. The number of carboxylic acid groups (broad SMARTS) is 1. The predicted molar refractivity (Wildman–Crippen MR) is 118 cm³/mol. The number of nitrogens with one attached hydrogen (secondary N) is 1. The summed E-state index contributed by atoms with van der Waals surface area (Å²) in [7, 11) is 1.34. The summed E-state index contributed by atoms with van der Waals surface area (Å²) in [6.07, 6.45) is 1.29. The van der Waals surface area contributed by atoms with Crippen LogP contribution >= 0.6 is 0 Å². The molecule has 3 rings (SSSR count). The van der Waals surface area contributed by atoms with Gasteiger partial charge in [0.25, 0.3) is 0 Å². The highest BCUT2D eigenvalue weighted by molar-refractivity contribution is 6.00. The summed E-state index contributed by atoms with van der Waals surface area (Å²) < 4.78 is 35.4. The fraction of sp³-hybridized carbons (Fsp3) is 0.458. The van der Waals surface area contributed by atoms with Gasteiger partial charge in [-0.3, -0.25) is 9.59 Å². The number of carbonyl (C=O) groups excluding carboxylic acids is 1. The van der Waals surface area contributed by atoms with Crippen LogP contribution in [0.2, 0.25) is 0 Å². The zero-order chi connectivity index (χ0) is 24.2. The van der Waals surface area contributed by atoms with Crippen molar-refractivity contribution in [1.82, 2.24) is 4.98 Å². The molecule has 1 fully saturated rings. The van der Waals surface area contributed by atoms with Crippen LogP contribution in [0.5, 0.6) is 11.8 Å². The molecule has 0 bridgehead atoms. The number of benzene rings is 1. The van der Waals surface area contributed by atoms with E-state index in [2.05, 4.69) is 15.0 Å². The number of ether oxygens (including phenoxy) is 2. The first-order valence-electron chi connectivity index (χ1n) is 10.8. The van der Waals surface area contributed by atoms with Gasteiger partial charge < -0.3 is 19.9 Å². The molecule has 1 amide bonds. The third-order valence-electron chi connectivity index (χ3n) is 6.21. The van der Waals surface area contributed by atoms with E-state index in [1.165, 1.54) is 19.2 Å². The molecule has 33 heavy (non-hydrogen) atoms. The summed E-state index contributed by atoms with van der Waals surface area (Å²) in [5.41, 5.74) is 0.773. The molecule has 0 radical (unpaired) electrons. The average Bonchev–Trinajstić information content (AvgIpc) is 2.79. The Labute approximate surface area is 191 Å². The molecule has 1 heterocycles. The maximum atomic E-state index is 13.8. The van der Waals surface area contributed by atoms with E-state index in [-0.39, 0.29) is 17.5 Å². The quantitative estimate of drug-likeness (QED) is 0.575. The van der Waals surface area contributed by atoms with Crippen LogP contribution in [-0.4, -0.2) is 35.7 Å². The van der Waals surface area contributed by atoms with E-state index in [0.717, 1.165) is 11.1 Å². The van der Waals surface area contributed by atoms with Crippen LogP contribution in [0.1, 0.15) is 56.6 Å². The van der Waals surface area contributed by atoms with Gasteiger partial charge in [0, 0.05) is 6.07 Å². The van der Waals surface area contributed by atoms with Crippen LogP contribution in [0.15, 0.2) is 36.4 Å². The Hall–Kier alpha value is -3.23. The molecule has 9 heteroatoms. The molecular formula is C24H28F2N2O5. The van der Waals surface area contributed by atoms with E-state index < -0.39 is 35.7 Å². The number of pyridine rings is 1. The number of hydrogen-bond donors (Lipinski definition) is 2. The summed E-state index contributed by atoms with van der Waals surface area (Å²) in [5.74, 6) is -2.09. The van der Waals surface area contributed by atoms with Gasteiger partial charge in [0.15, 0.2) is 0 Å². The smallest absolute Gasteiger partial charge is 0.388 e. The largest absolute Gasteiger partial charge is 0.481 e. The standard InChI is InChI=1S/C24H28F2N2O5/c1-14(2)16-6-4-5-7-17(16)24(12-10-15(11-13-24)21(29)30)22(31)27-18-8-9-19(32-3)28-20(18)33-23(25)26/h4-9,14-15,23H,10-13H2,1-3H3,(H,27,31)(H,29,30). The van der Waals surface area contributed by atoms with Gasteiger partial charge in [-0.05, 0) is 48.8 Å². The second-order valence-corrected chi connectivity index (χ2v) is 8.48. The van der Waals surface area contributed by atoms with E-state index in [1.807, 2.05) is 38.1 Å². The molecule has 7 nitrogen and oxygen atoms in total. The zero-order valence-electron chi connectivity index (χ0n) is 18.8. The second-order valence-electron chi connectivity index (χ2n) is 8.48. The molecule has 0 aliphatic heterocycles. The van der Waals surface area contributed by atoms with Crippen molar-refractivity contribution in [2.45, 2.75) is 57.5 Å². The molecule has 1 saturated carbocycles. The van der Waals surface area contributed by atoms with Crippen molar-refractivity contribution in [1.29, 1.82) is 0 Å². The summed E-state index contributed by atoms with van der Waals surface area (Å²) in [6, 6.07) is 10.4. The number of nitrogens with zero attached hydrogens (tertiary/aromatic N) is 1. The fourth-order valence-electron chi connectivity index (χ4n) is 4.46. The molecule has 1 aliphatic rings. The molecule has 0 unspecified atom stereocenters. The highest BCUT2D eigenvalue weighted by atomic mass is 19.3. The number of hydrogen-bond acceptors (Lipinski definition) is 5. The number of aromatic nitrogens is 1. The van der Waals surface area contributed by atoms with Gasteiger partial charge in [-0.15, -0.1) is 0 Å². The maximum Gasteiger partial charge on any atom is 0.388 e. The summed E-state index contributed by atoms with van der Waals surface area (Å²) >= 11 is 0. The SMILES string of the molecule is COc1ccc(NC(=O)C2(c3ccccc3C(C)C)CCC(C(=O)O)CC2)c(OC(F)F)n1. The van der Waals surface area contributed by atoms with Crippen molar-refractivity contribution in [2.24, 2.45) is 5.92 Å². The first kappa shape index (κ1) is 24.4. The van der Waals surface area contributed by atoms with Crippen LogP contribution in [0.3, 0.4) is 0 Å². The lowest BCUT2D eigenvalue weighted by Gasteiger charge is -2.40. The van der Waals surface area contributed by atoms with Crippen molar-refractivity contribution in [3.05, 3.63) is 47.5 Å². The highest BCUT2D eigenvalue weighted by Gasteiger charge is 2.46. The Morgan fingerprint density at radius 3 is 2.39 bits per heavy atom. The zero-order valence-corrected chi connectivity index (χ0v) is 18.8. The summed E-state index contributed by atoms with van der Waals surface area (Å²) in [4.78, 5) is 29.2. The topological polar surface area (TPSA) is 97.8 Å². The summed E-state index contributed by atoms with van der Waals surface area (Å²) in [5, 5.41) is 12.2. The van der Waals surface area contributed by atoms with Crippen molar-refractivity contribution in [3.63, 3.8) is 0 Å². The number of anilines is 1. The number of methoxy groups -OCH3 is 1. The Morgan fingerprint density at radius 1 is 1.15 bits per heavy atom. The predicted octanol–water partition coefficient (Wildman–Crippen LogP) is 4.97. The molecule has 1 aromatic carbocycles. The van der Waals surface area contributed by atoms with Crippen molar-refractivity contribution in [3.8, 4) is 11.8 Å². The number of halogens is 2. The molecule has 0 saturated heterocycles. The fourth-order valence-corrected chi connectivity index (χ4v) is 4.46. The van der Waals surface area contributed by atoms with Crippen LogP contribution in [-0.2, 0) is 15.0 Å². The number of amides is 1. The van der Waals surface area contributed by atoms with Gasteiger partial charge in [0.2, 0.25) is 17.7 Å². The minimum Gasteiger partial charge on any atom is -0.481 e. The lowest BCUT2D eigenvalue weighted by Crippen LogP contribution is -2.45. The molecule has 1 aromatic heterocycles. The monoisotopic (exact) mass is 462 g/mol. The van der Waals surface area contributed by atoms with Crippen LogP contribution in [0, 0.1) is 5.92 Å². The van der Waals surface area contributed by atoms with Gasteiger partial charge in [-0.25, -0.2) is 0 Å². The lowest BCUT2D eigenvalue weighted by atomic mass is 9.64. The second kappa shape index (κ2) is 10.1. The molecule has 178 valence electrons. The number of aliphatic carboxylic acids is 1. The Bertz CT molecular complexity index is 1000. The van der Waals surface area contributed by atoms with Gasteiger partial charge in [-0.2, -0.15) is 13.8 Å². The third-order valence-corrected chi connectivity index (χ3v) is 6.21. The number of carbonyl (C=O) groups is 2. The van der Waals surface area contributed by atoms with Gasteiger partial charge >= 0.3 is 12.6 Å². The maximum absolute atomic E-state index is 13.8. The molecule has 0 atom stereocenters. The first-order valence-corrected chi connectivity index (χ1v) is 10.8. The molecule has 2 N–H and O–H groups in total. The van der Waals surface area contributed by atoms with E-state index in [4.69, 9.17) is 4.74 Å². The Kier molecular flexibility index (Phi) is 7.50. The van der Waals surface area contributed by atoms with Crippen LogP contribution in [0.4, 0.5) is 14.5 Å². The summed E-state index contributed by atoms with van der Waals surface area (Å²) in [6.45, 7) is 0.909. The van der Waals surface area contributed by atoms with Gasteiger partial charge in [0.05, 0.1) is 18.4 Å². The minimum absolute atomic E-state index is 0.0112. The normalized spacial score (nSPS) is 20.5. The van der Waals surface area contributed by atoms with E-state index in [0.29, 0.717) is 25.7 Å². The van der Waals surface area contributed by atoms with Gasteiger partial charge in [-0.1, -0.05) is 38.1 Å². The lowest BCUT2D eigenvalue weighted by molar-refractivity contribution is -0.144. The number of rotatable bonds is 8. The molecule has 1 aliphatic carbocycles. The van der Waals surface area contributed by atoms with Crippen molar-refractivity contribution >= 4 is 17.6 Å². The molecule has 2 aromatic rings.